The molecule has 0 aliphatic carbocycles. The van der Waals surface area contributed by atoms with E-state index >= 15 is 0 Å². The van der Waals surface area contributed by atoms with E-state index in [1.54, 1.807) is 0 Å². The van der Waals surface area contributed by atoms with E-state index in [1.165, 1.54) is 12.1 Å². The Morgan fingerprint density at radius 3 is 2.50 bits per heavy atom. The van der Waals surface area contributed by atoms with Gasteiger partial charge in [-0.2, -0.15) is 0 Å². The maximum Gasteiger partial charge on any atom is 0.250 e. The minimum Gasteiger partial charge on any atom is -0.399 e. The molecule has 1 atom stereocenters. The maximum absolute atomic E-state index is 11.6. The molecule has 0 saturated heterocycles. The monoisotopic (exact) mass is 290 g/mol. The first-order valence-corrected chi connectivity index (χ1v) is 6.35. The zero-order valence-electron chi connectivity index (χ0n) is 10.3. The molecule has 0 saturated carbocycles. The molecule has 4 nitrogen and oxygen atoms in total. The van der Waals surface area contributed by atoms with E-state index in [-0.39, 0.29) is 18.6 Å². The van der Waals surface area contributed by atoms with E-state index < -0.39 is 0 Å². The fourth-order valence-corrected chi connectivity index (χ4v) is 1.82. The highest BCUT2D eigenvalue weighted by molar-refractivity contribution is 6.40. The van der Waals surface area contributed by atoms with Crippen LogP contribution in [0.4, 0.5) is 11.4 Å². The zero-order valence-corrected chi connectivity index (χ0v) is 11.8. The molecule has 1 aromatic carbocycles. The number of carbonyl (C=O) groups excluding carboxylic acids is 1. The minimum atomic E-state index is -0.302. The van der Waals surface area contributed by atoms with Crippen molar-refractivity contribution in [3.63, 3.8) is 0 Å². The lowest BCUT2D eigenvalue weighted by Gasteiger charge is -2.12. The SMILES string of the molecule is CCC(C)OCC(=O)Nc1c(Cl)cc(N)cc1Cl. The van der Waals surface area contributed by atoms with Crippen LogP contribution >= 0.6 is 23.2 Å². The summed E-state index contributed by atoms with van der Waals surface area (Å²) >= 11 is 11.9. The van der Waals surface area contributed by atoms with Crippen molar-refractivity contribution in [1.29, 1.82) is 0 Å². The van der Waals surface area contributed by atoms with E-state index in [1.807, 2.05) is 13.8 Å². The predicted octanol–water partition coefficient (Wildman–Crippen LogP) is 3.33. The molecule has 3 N–H and O–H groups in total. The van der Waals surface area contributed by atoms with Crippen LogP contribution in [0, 0.1) is 0 Å². The quantitative estimate of drug-likeness (QED) is 0.818. The number of hydrogen-bond donors (Lipinski definition) is 2. The Bertz CT molecular complexity index is 415. The second-order valence-corrected chi connectivity index (χ2v) is 4.75. The number of rotatable bonds is 5. The van der Waals surface area contributed by atoms with E-state index in [0.717, 1.165) is 6.42 Å². The Balaban J connectivity index is 2.65. The molecule has 1 aromatic rings. The molecule has 0 aromatic heterocycles. The van der Waals surface area contributed by atoms with Crippen molar-refractivity contribution in [2.45, 2.75) is 26.4 Å². The van der Waals surface area contributed by atoms with Crippen LogP contribution in [0.1, 0.15) is 20.3 Å². The van der Waals surface area contributed by atoms with Gasteiger partial charge in [0.15, 0.2) is 0 Å². The molecule has 0 bridgehead atoms. The number of nitrogens with one attached hydrogen (secondary N) is 1. The van der Waals surface area contributed by atoms with E-state index in [2.05, 4.69) is 5.32 Å². The van der Waals surface area contributed by atoms with Crippen LogP contribution in [0.2, 0.25) is 10.0 Å². The van der Waals surface area contributed by atoms with Gasteiger partial charge in [0.25, 0.3) is 0 Å². The minimum absolute atomic E-state index is 0.0353. The van der Waals surface area contributed by atoms with Crippen molar-refractivity contribution in [2.75, 3.05) is 17.7 Å². The Morgan fingerprint density at radius 1 is 1.44 bits per heavy atom. The van der Waals surface area contributed by atoms with Gasteiger partial charge in [0.2, 0.25) is 5.91 Å². The summed E-state index contributed by atoms with van der Waals surface area (Å²) < 4.78 is 5.31. The van der Waals surface area contributed by atoms with Crippen LogP contribution in [0.25, 0.3) is 0 Å². The molecular formula is C12H16Cl2N2O2. The average molecular weight is 291 g/mol. The average Bonchev–Trinajstić information content (AvgIpc) is 2.30. The number of nitrogens with two attached hydrogens (primary N) is 1. The van der Waals surface area contributed by atoms with Crippen molar-refractivity contribution >= 4 is 40.5 Å². The van der Waals surface area contributed by atoms with Gasteiger partial charge in [0.05, 0.1) is 21.8 Å². The molecule has 100 valence electrons. The zero-order chi connectivity index (χ0) is 13.7. The van der Waals surface area contributed by atoms with Crippen molar-refractivity contribution in [3.05, 3.63) is 22.2 Å². The summed E-state index contributed by atoms with van der Waals surface area (Å²) in [5, 5.41) is 3.21. The number of nitrogen functional groups attached to an aromatic ring is 1. The molecule has 0 spiro atoms. The van der Waals surface area contributed by atoms with Gasteiger partial charge in [-0.25, -0.2) is 0 Å². The van der Waals surface area contributed by atoms with Gasteiger partial charge in [0.1, 0.15) is 6.61 Å². The standard InChI is InChI=1S/C12H16Cl2N2O2/c1-3-7(2)18-6-11(17)16-12-9(13)4-8(15)5-10(12)14/h4-5,7H,3,6,15H2,1-2H3,(H,16,17). The first-order valence-electron chi connectivity index (χ1n) is 5.60. The molecule has 1 rings (SSSR count). The summed E-state index contributed by atoms with van der Waals surface area (Å²) in [5.41, 5.74) is 6.36. The van der Waals surface area contributed by atoms with Crippen LogP contribution in [-0.4, -0.2) is 18.6 Å². The predicted molar refractivity (Wildman–Crippen MR) is 75.2 cm³/mol. The first-order chi connectivity index (χ1) is 8.43. The van der Waals surface area contributed by atoms with Crippen LogP contribution < -0.4 is 11.1 Å². The van der Waals surface area contributed by atoms with Gasteiger partial charge in [-0.15, -0.1) is 0 Å². The molecule has 0 aliphatic rings. The molecule has 0 radical (unpaired) electrons. The third-order valence-electron chi connectivity index (χ3n) is 2.40. The summed E-state index contributed by atoms with van der Waals surface area (Å²) in [5.74, 6) is -0.302. The largest absolute Gasteiger partial charge is 0.399 e. The highest BCUT2D eigenvalue weighted by atomic mass is 35.5. The third kappa shape index (κ3) is 4.37. The fourth-order valence-electron chi connectivity index (χ4n) is 1.22. The van der Waals surface area contributed by atoms with Crippen molar-refractivity contribution in [1.82, 2.24) is 0 Å². The van der Waals surface area contributed by atoms with Gasteiger partial charge in [-0.3, -0.25) is 4.79 Å². The van der Waals surface area contributed by atoms with Gasteiger partial charge in [0, 0.05) is 5.69 Å². The lowest BCUT2D eigenvalue weighted by Crippen LogP contribution is -2.21. The molecule has 1 unspecified atom stereocenters. The first kappa shape index (κ1) is 15.1. The molecule has 1 amide bonds. The molecular weight excluding hydrogens is 275 g/mol. The second-order valence-electron chi connectivity index (χ2n) is 3.94. The van der Waals surface area contributed by atoms with E-state index in [0.29, 0.717) is 21.4 Å². The topological polar surface area (TPSA) is 64.3 Å². The number of ether oxygens (including phenoxy) is 1. The summed E-state index contributed by atoms with van der Waals surface area (Å²) in [6, 6.07) is 3.05. The Hall–Kier alpha value is -0.970. The smallest absolute Gasteiger partial charge is 0.250 e. The lowest BCUT2D eigenvalue weighted by molar-refractivity contribution is -0.122. The van der Waals surface area contributed by atoms with Crippen molar-refractivity contribution in [3.8, 4) is 0 Å². The van der Waals surface area contributed by atoms with Gasteiger partial charge in [-0.1, -0.05) is 30.1 Å². The van der Waals surface area contributed by atoms with E-state index in [4.69, 9.17) is 33.7 Å². The molecule has 6 heteroatoms. The van der Waals surface area contributed by atoms with Crippen molar-refractivity contribution in [2.24, 2.45) is 0 Å². The summed E-state index contributed by atoms with van der Waals surface area (Å²) in [6.45, 7) is 3.85. The Kier molecular flexibility index (Phi) is 5.72. The van der Waals surface area contributed by atoms with Gasteiger partial charge >= 0.3 is 0 Å². The molecule has 18 heavy (non-hydrogen) atoms. The second kappa shape index (κ2) is 6.83. The number of carbonyl (C=O) groups is 1. The number of halogens is 2. The number of anilines is 2. The summed E-state index contributed by atoms with van der Waals surface area (Å²) in [7, 11) is 0. The molecule has 0 aliphatic heterocycles. The number of amides is 1. The third-order valence-corrected chi connectivity index (χ3v) is 3.00. The fraction of sp³-hybridized carbons (Fsp3) is 0.417. The Labute approximate surface area is 116 Å². The lowest BCUT2D eigenvalue weighted by atomic mass is 10.3. The highest BCUT2D eigenvalue weighted by Gasteiger charge is 2.12. The highest BCUT2D eigenvalue weighted by Crippen LogP contribution is 2.32. The van der Waals surface area contributed by atoms with Crippen molar-refractivity contribution < 1.29 is 9.53 Å². The molecule has 0 heterocycles. The van der Waals surface area contributed by atoms with Crippen LogP contribution in [0.3, 0.4) is 0 Å². The van der Waals surface area contributed by atoms with Gasteiger partial charge < -0.3 is 15.8 Å². The van der Waals surface area contributed by atoms with Crippen LogP contribution in [0.5, 0.6) is 0 Å². The van der Waals surface area contributed by atoms with Crippen LogP contribution in [-0.2, 0) is 9.53 Å². The van der Waals surface area contributed by atoms with Gasteiger partial charge in [-0.05, 0) is 25.5 Å². The Morgan fingerprint density at radius 2 is 2.00 bits per heavy atom. The van der Waals surface area contributed by atoms with Crippen LogP contribution in [0.15, 0.2) is 12.1 Å². The number of hydrogen-bond acceptors (Lipinski definition) is 3. The molecule has 0 fully saturated rings. The van der Waals surface area contributed by atoms with E-state index in [9.17, 15) is 4.79 Å². The summed E-state index contributed by atoms with van der Waals surface area (Å²) in [4.78, 5) is 11.6. The normalized spacial score (nSPS) is 12.2. The maximum atomic E-state index is 11.6. The number of benzene rings is 1. The summed E-state index contributed by atoms with van der Waals surface area (Å²) in [6.07, 6.45) is 0.879.